The van der Waals surface area contributed by atoms with Gasteiger partial charge in [0.1, 0.15) is 11.5 Å². The highest BCUT2D eigenvalue weighted by Gasteiger charge is 2.36. The Bertz CT molecular complexity index is 1200. The van der Waals surface area contributed by atoms with Gasteiger partial charge in [-0.25, -0.2) is 4.79 Å². The molecule has 3 aromatic rings. The van der Waals surface area contributed by atoms with Gasteiger partial charge in [0, 0.05) is 16.6 Å². The molecule has 1 atom stereocenters. The number of benzene rings is 1. The fraction of sp³-hybridized carbons (Fsp3) is 0.385. The molecule has 1 aliphatic heterocycles. The topological polar surface area (TPSA) is 63.6 Å². The van der Waals surface area contributed by atoms with Crippen LogP contribution in [0.3, 0.4) is 0 Å². The molecular formula is C26H29N3O3S. The number of aryl methyl sites for hydroxylation is 2. The predicted octanol–water partition coefficient (Wildman–Crippen LogP) is 4.90. The van der Waals surface area contributed by atoms with Crippen LogP contribution in [0, 0.1) is 6.92 Å². The summed E-state index contributed by atoms with van der Waals surface area (Å²) in [6, 6.07) is 12.0. The highest BCUT2D eigenvalue weighted by atomic mass is 32.1. The van der Waals surface area contributed by atoms with Gasteiger partial charge in [0.25, 0.3) is 0 Å². The lowest BCUT2D eigenvalue weighted by molar-refractivity contribution is -0.141. The molecule has 172 valence electrons. The molecule has 0 saturated carbocycles. The maximum absolute atomic E-state index is 13.6. The molecule has 2 aromatic heterocycles. The van der Waals surface area contributed by atoms with Gasteiger partial charge < -0.3 is 19.5 Å². The molecule has 6 nitrogen and oxygen atoms in total. The maximum Gasteiger partial charge on any atom is 0.325 e. The molecule has 7 heteroatoms. The van der Waals surface area contributed by atoms with Gasteiger partial charge in [0.2, 0.25) is 0 Å². The van der Waals surface area contributed by atoms with Crippen molar-refractivity contribution in [2.75, 3.05) is 13.2 Å². The second kappa shape index (κ2) is 9.06. The number of hydrogen-bond donors (Lipinski definition) is 1. The molecular weight excluding hydrogens is 434 g/mol. The maximum atomic E-state index is 13.6. The van der Waals surface area contributed by atoms with E-state index < -0.39 is 5.97 Å². The minimum atomic E-state index is -0.426. The van der Waals surface area contributed by atoms with Crippen molar-refractivity contribution in [3.8, 4) is 5.00 Å². The third-order valence-corrected chi connectivity index (χ3v) is 7.82. The number of nitrogens with one attached hydrogen (secondary N) is 1. The van der Waals surface area contributed by atoms with Gasteiger partial charge >= 0.3 is 12.0 Å². The van der Waals surface area contributed by atoms with Crippen molar-refractivity contribution in [1.29, 1.82) is 0 Å². The quantitative estimate of drug-likeness (QED) is 0.560. The molecule has 2 aliphatic rings. The van der Waals surface area contributed by atoms with Crippen LogP contribution in [0.4, 0.5) is 4.79 Å². The van der Waals surface area contributed by atoms with E-state index in [4.69, 9.17) is 4.74 Å². The van der Waals surface area contributed by atoms with Crippen LogP contribution in [0.1, 0.15) is 58.6 Å². The van der Waals surface area contributed by atoms with Crippen LogP contribution in [0.5, 0.6) is 0 Å². The van der Waals surface area contributed by atoms with Gasteiger partial charge in [0.05, 0.1) is 24.9 Å². The number of carbonyl (C=O) groups is 2. The molecule has 0 unspecified atom stereocenters. The van der Waals surface area contributed by atoms with E-state index in [2.05, 4.69) is 53.3 Å². The van der Waals surface area contributed by atoms with E-state index in [1.54, 1.807) is 6.92 Å². The average molecular weight is 464 g/mol. The number of rotatable bonds is 4. The fourth-order valence-corrected chi connectivity index (χ4v) is 6.44. The van der Waals surface area contributed by atoms with Crippen LogP contribution in [0.15, 0.2) is 42.6 Å². The molecule has 3 heterocycles. The first-order valence-electron chi connectivity index (χ1n) is 11.6. The van der Waals surface area contributed by atoms with Crippen LogP contribution < -0.4 is 5.32 Å². The van der Waals surface area contributed by atoms with E-state index in [0.29, 0.717) is 13.2 Å². The second-order valence-electron chi connectivity index (χ2n) is 8.71. The average Bonchev–Trinajstić information content (AvgIpc) is 3.39. The highest BCUT2D eigenvalue weighted by molar-refractivity contribution is 7.15. The first kappa shape index (κ1) is 21.8. The molecule has 2 amide bonds. The van der Waals surface area contributed by atoms with Gasteiger partial charge in [0.15, 0.2) is 0 Å². The number of amides is 2. The summed E-state index contributed by atoms with van der Waals surface area (Å²) in [4.78, 5) is 28.8. The summed E-state index contributed by atoms with van der Waals surface area (Å²) >= 11 is 1.87. The monoisotopic (exact) mass is 463 g/mol. The highest BCUT2D eigenvalue weighted by Crippen LogP contribution is 2.44. The zero-order chi connectivity index (χ0) is 22.9. The number of fused-ring (bicyclic) bond motifs is 5. The summed E-state index contributed by atoms with van der Waals surface area (Å²) in [5, 5.41) is 4.03. The standard InChI is InChI=1S/C26H29N3O3S/c1-3-32-23(30)15-27-26(31)29-16-20-19-10-4-5-12-22(19)33-25(20)28-13-7-11-21(28)24(29)18-9-6-8-17(2)14-18/h6-9,11,13-14,24H,3-5,10,12,15-16H2,1-2H3,(H,27,31)/t24-/m0/s1. The van der Waals surface area contributed by atoms with Crippen LogP contribution in [-0.2, 0) is 28.9 Å². The summed E-state index contributed by atoms with van der Waals surface area (Å²) in [7, 11) is 0. The number of carbonyl (C=O) groups excluding carboxylic acids is 2. The molecule has 0 saturated heterocycles. The Morgan fingerprint density at radius 1 is 1.15 bits per heavy atom. The van der Waals surface area contributed by atoms with E-state index >= 15 is 0 Å². The Kier molecular flexibility index (Phi) is 5.98. The minimum Gasteiger partial charge on any atom is -0.465 e. The summed E-state index contributed by atoms with van der Waals surface area (Å²) in [6.45, 7) is 4.49. The fourth-order valence-electron chi connectivity index (χ4n) is 5.04. The Labute approximate surface area is 198 Å². The zero-order valence-corrected chi connectivity index (χ0v) is 19.9. The van der Waals surface area contributed by atoms with Crippen LogP contribution in [0.25, 0.3) is 5.00 Å². The zero-order valence-electron chi connectivity index (χ0n) is 19.1. The van der Waals surface area contributed by atoms with E-state index in [1.807, 2.05) is 22.3 Å². The Morgan fingerprint density at radius 3 is 2.82 bits per heavy atom. The van der Waals surface area contributed by atoms with Crippen molar-refractivity contribution in [3.05, 3.63) is 75.4 Å². The minimum absolute atomic E-state index is 0.140. The van der Waals surface area contributed by atoms with Crippen molar-refractivity contribution in [2.24, 2.45) is 0 Å². The first-order chi connectivity index (χ1) is 16.1. The summed E-state index contributed by atoms with van der Waals surface area (Å²) in [5.74, 6) is -0.426. The normalized spacial score (nSPS) is 16.9. The van der Waals surface area contributed by atoms with Gasteiger partial charge in [-0.15, -0.1) is 11.3 Å². The number of nitrogens with zero attached hydrogens (tertiary/aromatic N) is 2. The van der Waals surface area contributed by atoms with Crippen molar-refractivity contribution >= 4 is 23.3 Å². The van der Waals surface area contributed by atoms with Crippen LogP contribution >= 0.6 is 11.3 Å². The van der Waals surface area contributed by atoms with Gasteiger partial charge in [-0.3, -0.25) is 4.79 Å². The van der Waals surface area contributed by atoms with Gasteiger partial charge in [-0.05, 0) is 62.8 Å². The Morgan fingerprint density at radius 2 is 2.00 bits per heavy atom. The second-order valence-corrected chi connectivity index (χ2v) is 9.79. The van der Waals surface area contributed by atoms with E-state index in [9.17, 15) is 9.59 Å². The lowest BCUT2D eigenvalue weighted by Crippen LogP contribution is -2.44. The molecule has 1 N–H and O–H groups in total. The molecule has 5 rings (SSSR count). The number of urea groups is 1. The number of hydrogen-bond acceptors (Lipinski definition) is 4. The lowest BCUT2D eigenvalue weighted by Gasteiger charge is -2.31. The van der Waals surface area contributed by atoms with Crippen molar-refractivity contribution in [1.82, 2.24) is 14.8 Å². The third kappa shape index (κ3) is 4.06. The van der Waals surface area contributed by atoms with Gasteiger partial charge in [-0.2, -0.15) is 0 Å². The van der Waals surface area contributed by atoms with Crippen molar-refractivity contribution < 1.29 is 14.3 Å². The first-order valence-corrected chi connectivity index (χ1v) is 12.5. The largest absolute Gasteiger partial charge is 0.465 e. The number of thiophene rings is 1. The molecule has 0 bridgehead atoms. The number of esters is 1. The van der Waals surface area contributed by atoms with E-state index in [1.165, 1.54) is 33.8 Å². The van der Waals surface area contributed by atoms with Gasteiger partial charge in [-0.1, -0.05) is 29.8 Å². The Balaban J connectivity index is 1.60. The molecule has 0 spiro atoms. The lowest BCUT2D eigenvalue weighted by atomic mass is 9.95. The molecule has 1 aliphatic carbocycles. The third-order valence-electron chi connectivity index (χ3n) is 6.49. The summed E-state index contributed by atoms with van der Waals surface area (Å²) in [5.41, 5.74) is 5.92. The molecule has 0 fully saturated rings. The summed E-state index contributed by atoms with van der Waals surface area (Å²) in [6.07, 6.45) is 6.69. The number of aromatic nitrogens is 1. The SMILES string of the molecule is CCOC(=O)CNC(=O)N1Cc2c(sc3c2CCCC3)-n2cccc2[C@@H]1c1cccc(C)c1. The number of ether oxygens (including phenoxy) is 1. The van der Waals surface area contributed by atoms with Crippen LogP contribution in [-0.4, -0.2) is 34.6 Å². The van der Waals surface area contributed by atoms with E-state index in [0.717, 1.165) is 29.7 Å². The Hall–Kier alpha value is -3.06. The molecule has 0 radical (unpaired) electrons. The predicted molar refractivity (Wildman–Crippen MR) is 129 cm³/mol. The van der Waals surface area contributed by atoms with E-state index in [-0.39, 0.29) is 18.6 Å². The summed E-state index contributed by atoms with van der Waals surface area (Å²) < 4.78 is 7.29. The molecule has 33 heavy (non-hydrogen) atoms. The smallest absolute Gasteiger partial charge is 0.325 e. The van der Waals surface area contributed by atoms with Crippen LogP contribution in [0.2, 0.25) is 0 Å². The van der Waals surface area contributed by atoms with Crippen molar-refractivity contribution in [2.45, 2.75) is 52.1 Å². The molecule has 1 aromatic carbocycles. The van der Waals surface area contributed by atoms with Crippen molar-refractivity contribution in [3.63, 3.8) is 0 Å².